The number of benzene rings is 1. The highest BCUT2D eigenvalue weighted by molar-refractivity contribution is 6.25. The SMILES string of the molecule is [N-]=[N+]=CC(=O)C[C@@H]1CCCN1C(=O)OCc1ccccc1. The molecule has 1 saturated heterocycles. The van der Waals surface area contributed by atoms with Crippen LogP contribution in [0, 0.1) is 0 Å². The third-order valence-corrected chi connectivity index (χ3v) is 3.46. The Hall–Kier alpha value is -2.46. The lowest BCUT2D eigenvalue weighted by atomic mass is 10.1. The van der Waals surface area contributed by atoms with E-state index in [-0.39, 0.29) is 24.9 Å². The van der Waals surface area contributed by atoms with Crippen LogP contribution in [-0.2, 0) is 16.1 Å². The van der Waals surface area contributed by atoms with Crippen molar-refractivity contribution in [3.05, 3.63) is 41.4 Å². The first-order valence-electron chi connectivity index (χ1n) is 6.88. The number of hydrogen-bond donors (Lipinski definition) is 0. The van der Waals surface area contributed by atoms with Crippen LogP contribution in [0.3, 0.4) is 0 Å². The van der Waals surface area contributed by atoms with Gasteiger partial charge in [0.05, 0.1) is 0 Å². The summed E-state index contributed by atoms with van der Waals surface area (Å²) < 4.78 is 5.28. The third kappa shape index (κ3) is 4.26. The second-order valence-corrected chi connectivity index (χ2v) is 4.94. The molecule has 0 saturated carbocycles. The number of carbonyl (C=O) groups is 2. The fourth-order valence-electron chi connectivity index (χ4n) is 2.44. The molecular weight excluding hydrogens is 270 g/mol. The van der Waals surface area contributed by atoms with Crippen LogP contribution < -0.4 is 0 Å². The van der Waals surface area contributed by atoms with E-state index in [1.807, 2.05) is 30.3 Å². The first-order chi connectivity index (χ1) is 10.2. The molecule has 0 aromatic heterocycles. The molecule has 6 heteroatoms. The van der Waals surface area contributed by atoms with Gasteiger partial charge in [-0.05, 0) is 18.4 Å². The van der Waals surface area contributed by atoms with Crippen molar-refractivity contribution in [2.75, 3.05) is 6.54 Å². The molecule has 1 atom stereocenters. The van der Waals surface area contributed by atoms with Crippen molar-refractivity contribution >= 4 is 18.1 Å². The summed E-state index contributed by atoms with van der Waals surface area (Å²) in [4.78, 5) is 27.8. The summed E-state index contributed by atoms with van der Waals surface area (Å²) in [7, 11) is 0. The van der Waals surface area contributed by atoms with Crippen molar-refractivity contribution in [3.8, 4) is 0 Å². The van der Waals surface area contributed by atoms with Gasteiger partial charge < -0.3 is 15.2 Å². The van der Waals surface area contributed by atoms with E-state index >= 15 is 0 Å². The second kappa shape index (κ2) is 7.36. The van der Waals surface area contributed by atoms with Crippen LogP contribution in [-0.4, -0.2) is 40.4 Å². The number of carbonyl (C=O) groups excluding carboxylic acids is 2. The van der Waals surface area contributed by atoms with Gasteiger partial charge in [-0.15, -0.1) is 0 Å². The highest BCUT2D eigenvalue weighted by atomic mass is 16.6. The molecule has 21 heavy (non-hydrogen) atoms. The molecule has 1 heterocycles. The second-order valence-electron chi connectivity index (χ2n) is 4.94. The van der Waals surface area contributed by atoms with Crippen LogP contribution in [0.1, 0.15) is 24.8 Å². The Morgan fingerprint density at radius 2 is 2.14 bits per heavy atom. The molecular formula is C15H17N3O3. The third-order valence-electron chi connectivity index (χ3n) is 3.46. The van der Waals surface area contributed by atoms with E-state index < -0.39 is 6.09 Å². The van der Waals surface area contributed by atoms with Gasteiger partial charge >= 0.3 is 12.3 Å². The lowest BCUT2D eigenvalue weighted by Gasteiger charge is -2.22. The molecule has 0 bridgehead atoms. The monoisotopic (exact) mass is 287 g/mol. The lowest BCUT2D eigenvalue weighted by molar-refractivity contribution is -0.116. The van der Waals surface area contributed by atoms with Crippen molar-refractivity contribution in [2.24, 2.45) is 0 Å². The van der Waals surface area contributed by atoms with Crippen LogP contribution in [0.5, 0.6) is 0 Å². The topological polar surface area (TPSA) is 83.0 Å². The van der Waals surface area contributed by atoms with E-state index in [1.165, 1.54) is 0 Å². The zero-order valence-electron chi connectivity index (χ0n) is 11.6. The van der Waals surface area contributed by atoms with Crippen molar-refractivity contribution < 1.29 is 19.1 Å². The zero-order chi connectivity index (χ0) is 15.1. The van der Waals surface area contributed by atoms with Gasteiger partial charge in [0.25, 0.3) is 0 Å². The summed E-state index contributed by atoms with van der Waals surface area (Å²) >= 11 is 0. The Morgan fingerprint density at radius 1 is 1.38 bits per heavy atom. The predicted molar refractivity (Wildman–Crippen MR) is 75.7 cm³/mol. The Labute approximate surface area is 122 Å². The lowest BCUT2D eigenvalue weighted by Crippen LogP contribution is -2.37. The van der Waals surface area contributed by atoms with Crippen molar-refractivity contribution in [1.82, 2.24) is 4.90 Å². The number of amides is 1. The number of Topliss-reactive ketones (excluding diaryl/α,β-unsaturated/α-hetero) is 1. The maximum Gasteiger partial charge on any atom is 0.410 e. The average molecular weight is 287 g/mol. The van der Waals surface area contributed by atoms with Gasteiger partial charge in [-0.1, -0.05) is 30.3 Å². The molecule has 1 aromatic carbocycles. The minimum atomic E-state index is -0.407. The summed E-state index contributed by atoms with van der Waals surface area (Å²) in [6, 6.07) is 9.25. The Kier molecular flexibility index (Phi) is 5.23. The molecule has 1 amide bonds. The molecule has 6 nitrogen and oxygen atoms in total. The van der Waals surface area contributed by atoms with Gasteiger partial charge in [0.2, 0.25) is 5.78 Å². The summed E-state index contributed by atoms with van der Waals surface area (Å²) in [6.07, 6.45) is 2.21. The van der Waals surface area contributed by atoms with Crippen molar-refractivity contribution in [3.63, 3.8) is 0 Å². The van der Waals surface area contributed by atoms with E-state index in [1.54, 1.807) is 4.90 Å². The first kappa shape index (κ1) is 14.9. The minimum absolute atomic E-state index is 0.157. The summed E-state index contributed by atoms with van der Waals surface area (Å²) in [6.45, 7) is 0.802. The molecule has 0 aliphatic carbocycles. The number of ether oxygens (including phenoxy) is 1. The molecule has 110 valence electrons. The highest BCUT2D eigenvalue weighted by Gasteiger charge is 2.31. The van der Waals surface area contributed by atoms with E-state index in [2.05, 4.69) is 4.79 Å². The average Bonchev–Trinajstić information content (AvgIpc) is 2.94. The molecule has 0 radical (unpaired) electrons. The van der Waals surface area contributed by atoms with Crippen LogP contribution in [0.2, 0.25) is 0 Å². The van der Waals surface area contributed by atoms with Gasteiger partial charge in [0.1, 0.15) is 6.61 Å². The van der Waals surface area contributed by atoms with E-state index in [0.717, 1.165) is 24.6 Å². The number of rotatable bonds is 5. The van der Waals surface area contributed by atoms with Crippen LogP contribution >= 0.6 is 0 Å². The van der Waals surface area contributed by atoms with E-state index in [4.69, 9.17) is 10.3 Å². The molecule has 1 aliphatic heterocycles. The summed E-state index contributed by atoms with van der Waals surface area (Å²) in [5.41, 5.74) is 9.26. The molecule has 1 fully saturated rings. The Balaban J connectivity index is 1.88. The van der Waals surface area contributed by atoms with E-state index in [9.17, 15) is 9.59 Å². The quantitative estimate of drug-likeness (QED) is 0.472. The van der Waals surface area contributed by atoms with Crippen molar-refractivity contribution in [1.29, 1.82) is 0 Å². The van der Waals surface area contributed by atoms with Gasteiger partial charge in [0.15, 0.2) is 0 Å². The van der Waals surface area contributed by atoms with Crippen LogP contribution in [0.4, 0.5) is 4.79 Å². The van der Waals surface area contributed by atoms with Gasteiger partial charge in [-0.25, -0.2) is 4.79 Å². The molecule has 1 aromatic rings. The predicted octanol–water partition coefficient (Wildman–Crippen LogP) is 2.05. The Bertz CT molecular complexity index is 553. The van der Waals surface area contributed by atoms with Crippen molar-refractivity contribution in [2.45, 2.75) is 31.9 Å². The van der Waals surface area contributed by atoms with Crippen LogP contribution in [0.15, 0.2) is 30.3 Å². The minimum Gasteiger partial charge on any atom is -0.445 e. The smallest absolute Gasteiger partial charge is 0.410 e. The summed E-state index contributed by atoms with van der Waals surface area (Å²) in [5, 5.41) is 0. The normalized spacial score (nSPS) is 17.1. The van der Waals surface area contributed by atoms with E-state index in [0.29, 0.717) is 6.54 Å². The zero-order valence-corrected chi connectivity index (χ0v) is 11.6. The molecule has 2 rings (SSSR count). The molecule has 0 N–H and O–H groups in total. The molecule has 1 aliphatic rings. The van der Waals surface area contributed by atoms with Gasteiger partial charge in [-0.3, -0.25) is 4.79 Å². The van der Waals surface area contributed by atoms with Gasteiger partial charge in [0, 0.05) is 19.0 Å². The maximum atomic E-state index is 12.1. The number of hydrogen-bond acceptors (Lipinski definition) is 3. The summed E-state index contributed by atoms with van der Waals surface area (Å²) in [5.74, 6) is -0.301. The largest absolute Gasteiger partial charge is 0.445 e. The first-order valence-corrected chi connectivity index (χ1v) is 6.88. The fraction of sp³-hybridized carbons (Fsp3) is 0.400. The highest BCUT2D eigenvalue weighted by Crippen LogP contribution is 2.21. The fourth-order valence-corrected chi connectivity index (χ4v) is 2.44. The standard InChI is InChI=1S/C15H17N3O3/c16-17-10-14(19)9-13-7-4-8-18(13)15(20)21-11-12-5-2-1-3-6-12/h1-3,5-6,10,13H,4,7-9,11H2/t13-/m0/s1. The molecule has 0 unspecified atom stereocenters. The molecule has 0 spiro atoms. The maximum absolute atomic E-state index is 12.1. The number of ketones is 1. The van der Waals surface area contributed by atoms with Crippen LogP contribution in [0.25, 0.3) is 5.53 Å². The Morgan fingerprint density at radius 3 is 2.86 bits per heavy atom. The number of nitrogens with zero attached hydrogens (tertiary/aromatic N) is 3. The number of likely N-dealkylation sites (tertiary alicyclic amines) is 1. The van der Waals surface area contributed by atoms with Gasteiger partial charge in [-0.2, -0.15) is 4.79 Å².